The summed E-state index contributed by atoms with van der Waals surface area (Å²) >= 11 is 0. The van der Waals surface area contributed by atoms with Gasteiger partial charge in [0.2, 0.25) is 0 Å². The van der Waals surface area contributed by atoms with Crippen LogP contribution in [0.5, 0.6) is 11.5 Å². The second-order valence-corrected chi connectivity index (χ2v) is 5.85. The molecule has 0 amide bonds. The summed E-state index contributed by atoms with van der Waals surface area (Å²) in [4.78, 5) is 20.7. The molecule has 10 heteroatoms. The summed E-state index contributed by atoms with van der Waals surface area (Å²) in [5, 5.41) is 27.9. The topological polar surface area (TPSA) is 129 Å². The Balaban J connectivity index is 1.99. The molecule has 3 aromatic carbocycles. The molecule has 10 nitrogen and oxygen atoms in total. The highest BCUT2D eigenvalue weighted by molar-refractivity contribution is 6.03. The van der Waals surface area contributed by atoms with Crippen LogP contribution in [0.2, 0.25) is 0 Å². The van der Waals surface area contributed by atoms with Crippen LogP contribution in [0, 0.1) is 20.2 Å². The van der Waals surface area contributed by atoms with Gasteiger partial charge in [0.25, 0.3) is 5.69 Å². The molecule has 0 atom stereocenters. The minimum Gasteiger partial charge on any atom is -0.497 e. The molecule has 148 valence electrons. The van der Waals surface area contributed by atoms with Crippen molar-refractivity contribution in [1.82, 2.24) is 0 Å². The first-order valence-electron chi connectivity index (χ1n) is 8.31. The molecule has 0 unspecified atom stereocenters. The molecular weight excluding hydrogens is 380 g/mol. The third-order valence-corrected chi connectivity index (χ3v) is 4.22. The number of nitrogens with zero attached hydrogens (tertiary/aromatic N) is 3. The molecule has 3 rings (SSSR count). The van der Waals surface area contributed by atoms with E-state index in [4.69, 9.17) is 9.47 Å². The highest BCUT2D eigenvalue weighted by Crippen LogP contribution is 2.31. The van der Waals surface area contributed by atoms with Crippen molar-refractivity contribution in [2.75, 3.05) is 19.6 Å². The summed E-state index contributed by atoms with van der Waals surface area (Å²) in [6.07, 6.45) is 1.46. The minimum absolute atomic E-state index is 0.0219. The van der Waals surface area contributed by atoms with E-state index >= 15 is 0 Å². The van der Waals surface area contributed by atoms with E-state index in [0.29, 0.717) is 17.1 Å². The van der Waals surface area contributed by atoms with Crippen molar-refractivity contribution in [3.63, 3.8) is 0 Å². The van der Waals surface area contributed by atoms with Gasteiger partial charge in [0.15, 0.2) is 0 Å². The van der Waals surface area contributed by atoms with Crippen molar-refractivity contribution >= 4 is 34.0 Å². The zero-order valence-corrected chi connectivity index (χ0v) is 15.5. The van der Waals surface area contributed by atoms with E-state index < -0.39 is 15.5 Å². The van der Waals surface area contributed by atoms with Gasteiger partial charge in [0.1, 0.15) is 17.2 Å². The molecule has 0 aliphatic rings. The number of nitro benzene ring substituents is 2. The van der Waals surface area contributed by atoms with Crippen LogP contribution in [-0.4, -0.2) is 30.3 Å². The molecule has 0 aliphatic heterocycles. The fourth-order valence-electron chi connectivity index (χ4n) is 2.79. The van der Waals surface area contributed by atoms with Gasteiger partial charge in [0, 0.05) is 11.6 Å². The predicted octanol–water partition coefficient (Wildman–Crippen LogP) is 4.12. The second-order valence-electron chi connectivity index (χ2n) is 5.85. The molecule has 0 saturated carbocycles. The van der Waals surface area contributed by atoms with E-state index in [1.807, 2.05) is 24.3 Å². The molecule has 1 N–H and O–H groups in total. The molecule has 0 heterocycles. The van der Waals surface area contributed by atoms with E-state index in [0.717, 1.165) is 22.9 Å². The van der Waals surface area contributed by atoms with Crippen LogP contribution in [0.3, 0.4) is 0 Å². The number of hydrazone groups is 1. The van der Waals surface area contributed by atoms with Crippen LogP contribution in [-0.2, 0) is 0 Å². The van der Waals surface area contributed by atoms with Crippen LogP contribution in [0.1, 0.15) is 5.56 Å². The van der Waals surface area contributed by atoms with Crippen LogP contribution >= 0.6 is 0 Å². The lowest BCUT2D eigenvalue weighted by atomic mass is 10.0. The summed E-state index contributed by atoms with van der Waals surface area (Å²) < 4.78 is 10.7. The molecule has 0 fully saturated rings. The SMILES string of the molecule is COc1ccc2ccc(OC)c(/C=N/Nc3ccc([N+](=O)[O-])cc3[N+](=O)[O-])c2c1. The van der Waals surface area contributed by atoms with Gasteiger partial charge in [-0.2, -0.15) is 5.10 Å². The number of anilines is 1. The summed E-state index contributed by atoms with van der Waals surface area (Å²) in [7, 11) is 3.08. The Hall–Kier alpha value is -4.21. The Morgan fingerprint density at radius 2 is 1.72 bits per heavy atom. The first kappa shape index (κ1) is 19.5. The normalized spacial score (nSPS) is 10.8. The van der Waals surface area contributed by atoms with Gasteiger partial charge in [-0.15, -0.1) is 0 Å². The maximum atomic E-state index is 11.2. The Bertz CT molecular complexity index is 1120. The quantitative estimate of drug-likeness (QED) is 0.361. The third kappa shape index (κ3) is 4.05. The molecular formula is C19H16N4O6. The lowest BCUT2D eigenvalue weighted by Gasteiger charge is -2.10. The number of hydrogen-bond acceptors (Lipinski definition) is 8. The molecule has 0 aliphatic carbocycles. The van der Waals surface area contributed by atoms with Gasteiger partial charge in [-0.05, 0) is 35.0 Å². The summed E-state index contributed by atoms with van der Waals surface area (Å²) in [6.45, 7) is 0. The first-order valence-corrected chi connectivity index (χ1v) is 8.31. The fraction of sp³-hybridized carbons (Fsp3) is 0.105. The van der Waals surface area contributed by atoms with Crippen LogP contribution in [0.15, 0.2) is 53.6 Å². The van der Waals surface area contributed by atoms with E-state index in [1.54, 1.807) is 13.2 Å². The van der Waals surface area contributed by atoms with Crippen LogP contribution in [0.25, 0.3) is 10.8 Å². The van der Waals surface area contributed by atoms with Crippen molar-refractivity contribution < 1.29 is 19.3 Å². The maximum absolute atomic E-state index is 11.2. The van der Waals surface area contributed by atoms with Crippen LogP contribution < -0.4 is 14.9 Å². The molecule has 29 heavy (non-hydrogen) atoms. The molecule has 0 saturated heterocycles. The van der Waals surface area contributed by atoms with Gasteiger partial charge in [-0.25, -0.2) is 0 Å². The number of hydrogen-bond donors (Lipinski definition) is 1. The zero-order valence-electron chi connectivity index (χ0n) is 15.5. The third-order valence-electron chi connectivity index (χ3n) is 4.22. The molecule has 0 radical (unpaired) electrons. The Morgan fingerprint density at radius 1 is 0.966 bits per heavy atom. The maximum Gasteiger partial charge on any atom is 0.301 e. The van der Waals surface area contributed by atoms with Crippen LogP contribution in [0.4, 0.5) is 17.1 Å². The second kappa shape index (κ2) is 8.21. The minimum atomic E-state index is -0.714. The van der Waals surface area contributed by atoms with E-state index in [-0.39, 0.29) is 11.4 Å². The number of methoxy groups -OCH3 is 2. The number of nitrogens with one attached hydrogen (secondary N) is 1. The average Bonchev–Trinajstić information content (AvgIpc) is 2.73. The number of rotatable bonds is 7. The van der Waals surface area contributed by atoms with Gasteiger partial charge < -0.3 is 9.47 Å². The standard InChI is InChI=1S/C19H16N4O6/c1-28-14-6-3-12-4-8-19(29-2)16(15(12)10-14)11-20-21-17-7-5-13(22(24)25)9-18(17)23(26)27/h3-11,21H,1-2H3/b20-11+. The lowest BCUT2D eigenvalue weighted by Crippen LogP contribution is -1.99. The largest absolute Gasteiger partial charge is 0.497 e. The zero-order chi connectivity index (χ0) is 21.0. The van der Waals surface area contributed by atoms with Crippen molar-refractivity contribution in [3.8, 4) is 11.5 Å². The van der Waals surface area contributed by atoms with Gasteiger partial charge in [0.05, 0.1) is 36.3 Å². The van der Waals surface area contributed by atoms with E-state index in [2.05, 4.69) is 10.5 Å². The summed E-state index contributed by atoms with van der Waals surface area (Å²) in [5.41, 5.74) is 2.40. The van der Waals surface area contributed by atoms with Gasteiger partial charge >= 0.3 is 5.69 Å². The van der Waals surface area contributed by atoms with E-state index in [9.17, 15) is 20.2 Å². The van der Waals surface area contributed by atoms with Crippen molar-refractivity contribution in [2.45, 2.75) is 0 Å². The lowest BCUT2D eigenvalue weighted by molar-refractivity contribution is -0.393. The monoisotopic (exact) mass is 396 g/mol. The fourth-order valence-corrected chi connectivity index (χ4v) is 2.79. The average molecular weight is 396 g/mol. The number of fused-ring (bicyclic) bond motifs is 1. The molecule has 0 spiro atoms. The van der Waals surface area contributed by atoms with Crippen molar-refractivity contribution in [1.29, 1.82) is 0 Å². The predicted molar refractivity (Wildman–Crippen MR) is 108 cm³/mol. The van der Waals surface area contributed by atoms with E-state index in [1.165, 1.54) is 19.4 Å². The highest BCUT2D eigenvalue weighted by Gasteiger charge is 2.19. The van der Waals surface area contributed by atoms with Crippen molar-refractivity contribution in [3.05, 3.63) is 74.3 Å². The number of benzene rings is 3. The number of nitro groups is 2. The smallest absolute Gasteiger partial charge is 0.301 e. The summed E-state index contributed by atoms with van der Waals surface area (Å²) in [6, 6.07) is 12.5. The van der Waals surface area contributed by atoms with Gasteiger partial charge in [-0.1, -0.05) is 12.1 Å². The first-order chi connectivity index (χ1) is 13.9. The highest BCUT2D eigenvalue weighted by atomic mass is 16.6. The summed E-state index contributed by atoms with van der Waals surface area (Å²) in [5.74, 6) is 1.20. The van der Waals surface area contributed by atoms with Crippen molar-refractivity contribution in [2.24, 2.45) is 5.10 Å². The Kier molecular flexibility index (Phi) is 5.54. The van der Waals surface area contributed by atoms with Gasteiger partial charge in [-0.3, -0.25) is 25.7 Å². The molecule has 0 bridgehead atoms. The molecule has 0 aromatic heterocycles. The Morgan fingerprint density at radius 3 is 2.38 bits per heavy atom. The number of ether oxygens (including phenoxy) is 2. The molecule has 3 aromatic rings. The Labute approximate surface area is 164 Å². The number of non-ortho nitro benzene ring substituents is 1.